The predicted molar refractivity (Wildman–Crippen MR) is 63.1 cm³/mol. The summed E-state index contributed by atoms with van der Waals surface area (Å²) in [6, 6.07) is 8.58. The third-order valence-corrected chi connectivity index (χ3v) is 2.36. The van der Waals surface area contributed by atoms with Crippen LogP contribution in [0.3, 0.4) is 0 Å². The van der Waals surface area contributed by atoms with E-state index in [1.54, 1.807) is 7.11 Å². The number of ether oxygens (including phenoxy) is 1. The van der Waals surface area contributed by atoms with Crippen molar-refractivity contribution in [3.8, 4) is 5.75 Å². The van der Waals surface area contributed by atoms with Gasteiger partial charge in [0, 0.05) is 18.6 Å². The summed E-state index contributed by atoms with van der Waals surface area (Å²) >= 11 is 0. The zero-order chi connectivity index (χ0) is 11.3. The Balaban J connectivity index is 2.54. The monoisotopic (exact) mass is 208 g/mol. The summed E-state index contributed by atoms with van der Waals surface area (Å²) in [5, 5.41) is 3.37. The van der Waals surface area contributed by atoms with Crippen LogP contribution in [0, 0.1) is 0 Å². The van der Waals surface area contributed by atoms with Crippen molar-refractivity contribution in [3.05, 3.63) is 29.8 Å². The highest BCUT2D eigenvalue weighted by atomic mass is 16.5. The summed E-state index contributed by atoms with van der Waals surface area (Å²) < 4.78 is 5.11. The van der Waals surface area contributed by atoms with Gasteiger partial charge in [0.25, 0.3) is 0 Å². The van der Waals surface area contributed by atoms with Gasteiger partial charge in [-0.15, -0.1) is 0 Å². The fraction of sp³-hybridized carbons (Fsp3) is 0.500. The lowest BCUT2D eigenvalue weighted by atomic mass is 10.1. The van der Waals surface area contributed by atoms with Crippen molar-refractivity contribution in [2.24, 2.45) is 5.73 Å². The molecule has 84 valence electrons. The molecule has 3 heteroatoms. The standard InChI is InChI=1S/C12H20N2O/c1-9(13)8-14-10(2)11-4-6-12(15-3)7-5-11/h4-7,9-10,14H,8,13H2,1-3H3. The van der Waals surface area contributed by atoms with E-state index in [0.717, 1.165) is 12.3 Å². The van der Waals surface area contributed by atoms with Crippen LogP contribution in [0.5, 0.6) is 5.75 Å². The van der Waals surface area contributed by atoms with Gasteiger partial charge in [-0.25, -0.2) is 0 Å². The highest BCUT2D eigenvalue weighted by molar-refractivity contribution is 5.28. The molecule has 0 aliphatic carbocycles. The third kappa shape index (κ3) is 3.90. The first-order valence-corrected chi connectivity index (χ1v) is 5.26. The molecule has 0 bridgehead atoms. The van der Waals surface area contributed by atoms with Crippen molar-refractivity contribution in [2.45, 2.75) is 25.9 Å². The second kappa shape index (κ2) is 5.73. The Bertz CT molecular complexity index is 282. The average molecular weight is 208 g/mol. The van der Waals surface area contributed by atoms with Gasteiger partial charge in [-0.05, 0) is 31.5 Å². The predicted octanol–water partition coefficient (Wildman–Crippen LogP) is 1.69. The largest absolute Gasteiger partial charge is 0.497 e. The first-order chi connectivity index (χ1) is 7.13. The molecule has 1 aromatic carbocycles. The summed E-state index contributed by atoms with van der Waals surface area (Å²) in [5.74, 6) is 0.887. The van der Waals surface area contributed by atoms with Crippen LogP contribution in [0.25, 0.3) is 0 Å². The van der Waals surface area contributed by atoms with E-state index in [1.165, 1.54) is 5.56 Å². The van der Waals surface area contributed by atoms with Crippen LogP contribution in [0.4, 0.5) is 0 Å². The quantitative estimate of drug-likeness (QED) is 0.774. The molecule has 3 nitrogen and oxygen atoms in total. The Morgan fingerprint density at radius 1 is 1.27 bits per heavy atom. The molecule has 0 aliphatic heterocycles. The second-order valence-electron chi connectivity index (χ2n) is 3.88. The molecular formula is C12H20N2O. The molecule has 0 aromatic heterocycles. The van der Waals surface area contributed by atoms with Crippen molar-refractivity contribution in [1.29, 1.82) is 0 Å². The molecule has 0 saturated carbocycles. The van der Waals surface area contributed by atoms with Gasteiger partial charge in [-0.2, -0.15) is 0 Å². The van der Waals surface area contributed by atoms with E-state index in [1.807, 2.05) is 19.1 Å². The van der Waals surface area contributed by atoms with Crippen molar-refractivity contribution < 1.29 is 4.74 Å². The minimum Gasteiger partial charge on any atom is -0.497 e. The van der Waals surface area contributed by atoms with E-state index in [2.05, 4.69) is 24.4 Å². The summed E-state index contributed by atoms with van der Waals surface area (Å²) in [5.41, 5.74) is 6.93. The van der Waals surface area contributed by atoms with E-state index < -0.39 is 0 Å². The van der Waals surface area contributed by atoms with E-state index in [4.69, 9.17) is 10.5 Å². The SMILES string of the molecule is COc1ccc(C(C)NCC(C)N)cc1. The minimum absolute atomic E-state index is 0.186. The Hall–Kier alpha value is -1.06. The Labute approximate surface area is 91.6 Å². The molecule has 0 amide bonds. The van der Waals surface area contributed by atoms with Gasteiger partial charge in [0.2, 0.25) is 0 Å². The number of nitrogens with one attached hydrogen (secondary N) is 1. The lowest BCUT2D eigenvalue weighted by molar-refractivity contribution is 0.414. The smallest absolute Gasteiger partial charge is 0.118 e. The van der Waals surface area contributed by atoms with Gasteiger partial charge in [0.15, 0.2) is 0 Å². The maximum Gasteiger partial charge on any atom is 0.118 e. The molecule has 15 heavy (non-hydrogen) atoms. The first-order valence-electron chi connectivity index (χ1n) is 5.26. The molecule has 0 fully saturated rings. The Morgan fingerprint density at radius 2 is 1.87 bits per heavy atom. The van der Waals surface area contributed by atoms with Crippen LogP contribution < -0.4 is 15.8 Å². The molecule has 3 N–H and O–H groups in total. The van der Waals surface area contributed by atoms with Crippen LogP contribution in [-0.4, -0.2) is 19.7 Å². The van der Waals surface area contributed by atoms with Gasteiger partial charge in [0.1, 0.15) is 5.75 Å². The molecule has 1 aromatic rings. The minimum atomic E-state index is 0.186. The topological polar surface area (TPSA) is 47.3 Å². The fourth-order valence-corrected chi connectivity index (χ4v) is 1.37. The number of hydrogen-bond acceptors (Lipinski definition) is 3. The molecule has 0 saturated heterocycles. The molecule has 0 radical (unpaired) electrons. The molecule has 0 heterocycles. The molecular weight excluding hydrogens is 188 g/mol. The zero-order valence-corrected chi connectivity index (χ0v) is 9.66. The van der Waals surface area contributed by atoms with Gasteiger partial charge in [-0.3, -0.25) is 0 Å². The molecule has 0 spiro atoms. The summed E-state index contributed by atoms with van der Waals surface area (Å²) in [6.45, 7) is 4.95. The number of hydrogen-bond donors (Lipinski definition) is 2. The third-order valence-electron chi connectivity index (χ3n) is 2.36. The number of methoxy groups -OCH3 is 1. The highest BCUT2D eigenvalue weighted by Crippen LogP contribution is 2.16. The zero-order valence-electron chi connectivity index (χ0n) is 9.66. The van der Waals surface area contributed by atoms with E-state index >= 15 is 0 Å². The second-order valence-corrected chi connectivity index (χ2v) is 3.88. The number of rotatable bonds is 5. The van der Waals surface area contributed by atoms with Crippen LogP contribution in [0.2, 0.25) is 0 Å². The first kappa shape index (κ1) is 12.0. The van der Waals surface area contributed by atoms with Crippen LogP contribution >= 0.6 is 0 Å². The fourth-order valence-electron chi connectivity index (χ4n) is 1.37. The van der Waals surface area contributed by atoms with Crippen LogP contribution in [0.15, 0.2) is 24.3 Å². The maximum absolute atomic E-state index is 5.68. The van der Waals surface area contributed by atoms with Gasteiger partial charge in [0.05, 0.1) is 7.11 Å². The van der Waals surface area contributed by atoms with Crippen molar-refractivity contribution >= 4 is 0 Å². The highest BCUT2D eigenvalue weighted by Gasteiger charge is 2.05. The normalized spacial score (nSPS) is 14.7. The lowest BCUT2D eigenvalue weighted by Gasteiger charge is -2.16. The van der Waals surface area contributed by atoms with Gasteiger partial charge in [-0.1, -0.05) is 12.1 Å². The summed E-state index contributed by atoms with van der Waals surface area (Å²) in [4.78, 5) is 0. The Morgan fingerprint density at radius 3 is 2.33 bits per heavy atom. The molecule has 1 rings (SSSR count). The Kier molecular flexibility index (Phi) is 4.59. The lowest BCUT2D eigenvalue weighted by Crippen LogP contribution is -2.32. The summed E-state index contributed by atoms with van der Waals surface area (Å²) in [6.07, 6.45) is 0. The van der Waals surface area contributed by atoms with Crippen LogP contribution in [-0.2, 0) is 0 Å². The van der Waals surface area contributed by atoms with Gasteiger partial charge >= 0.3 is 0 Å². The van der Waals surface area contributed by atoms with E-state index in [-0.39, 0.29) is 6.04 Å². The van der Waals surface area contributed by atoms with E-state index in [9.17, 15) is 0 Å². The average Bonchev–Trinajstić information content (AvgIpc) is 2.26. The van der Waals surface area contributed by atoms with Crippen molar-refractivity contribution in [3.63, 3.8) is 0 Å². The van der Waals surface area contributed by atoms with Crippen molar-refractivity contribution in [2.75, 3.05) is 13.7 Å². The maximum atomic E-state index is 5.68. The molecule has 2 unspecified atom stereocenters. The molecule has 0 aliphatic rings. The van der Waals surface area contributed by atoms with Crippen LogP contribution in [0.1, 0.15) is 25.5 Å². The van der Waals surface area contributed by atoms with Gasteiger partial charge < -0.3 is 15.8 Å². The molecule has 2 atom stereocenters. The van der Waals surface area contributed by atoms with E-state index in [0.29, 0.717) is 6.04 Å². The number of benzene rings is 1. The summed E-state index contributed by atoms with van der Waals surface area (Å²) in [7, 11) is 1.67. The number of nitrogens with two attached hydrogens (primary N) is 1. The van der Waals surface area contributed by atoms with Crippen molar-refractivity contribution in [1.82, 2.24) is 5.32 Å².